The summed E-state index contributed by atoms with van der Waals surface area (Å²) in [5.41, 5.74) is 4.39. The first-order valence-corrected chi connectivity index (χ1v) is 4.51. The summed E-state index contributed by atoms with van der Waals surface area (Å²) in [4.78, 5) is 36.2. The van der Waals surface area contributed by atoms with Gasteiger partial charge in [-0.3, -0.25) is 25.4 Å². The number of nitrogens with one attached hydrogen (secondary N) is 2. The molecule has 0 saturated heterocycles. The van der Waals surface area contributed by atoms with Gasteiger partial charge in [-0.25, -0.2) is 4.79 Å². The fraction of sp³-hybridized carbons (Fsp3) is 0. The number of hydrazine groups is 1. The van der Waals surface area contributed by atoms with Crippen LogP contribution in [0.5, 0.6) is 0 Å². The predicted octanol–water partition coefficient (Wildman–Crippen LogP) is -0.517. The highest BCUT2D eigenvalue weighted by Gasteiger charge is 2.05. The van der Waals surface area contributed by atoms with E-state index in [4.69, 9.17) is 5.11 Å². The van der Waals surface area contributed by atoms with Crippen LogP contribution in [0, 0.1) is 0 Å². The molecular weight excluding hydrogens is 226 g/mol. The molecule has 2 amide bonds. The van der Waals surface area contributed by atoms with Gasteiger partial charge in [-0.15, -0.1) is 0 Å². The number of carbonyl (C=O) groups is 3. The smallest absolute Gasteiger partial charge is 0.328 e. The second-order valence-corrected chi connectivity index (χ2v) is 2.86. The second kappa shape index (κ2) is 6.01. The van der Waals surface area contributed by atoms with Gasteiger partial charge in [-0.05, 0) is 12.1 Å². The highest BCUT2D eigenvalue weighted by Crippen LogP contribution is 1.93. The minimum atomic E-state index is -1.25. The molecule has 0 aliphatic rings. The number of hydrogen-bond donors (Lipinski definition) is 3. The molecule has 88 valence electrons. The maximum atomic E-state index is 11.4. The maximum Gasteiger partial charge on any atom is 0.328 e. The van der Waals surface area contributed by atoms with Crippen molar-refractivity contribution in [3.63, 3.8) is 0 Å². The van der Waals surface area contributed by atoms with E-state index in [0.29, 0.717) is 6.08 Å². The molecule has 1 aromatic heterocycles. The molecule has 0 aromatic carbocycles. The Morgan fingerprint density at radius 1 is 1.24 bits per heavy atom. The molecule has 0 radical (unpaired) electrons. The number of pyridine rings is 1. The number of hydrogen-bond acceptors (Lipinski definition) is 4. The Kier molecular flexibility index (Phi) is 4.37. The molecule has 0 spiro atoms. The summed E-state index contributed by atoms with van der Waals surface area (Å²) in [6.07, 6.45) is 4.27. The molecular formula is C10H9N3O4. The van der Waals surface area contributed by atoms with Crippen LogP contribution < -0.4 is 10.9 Å². The van der Waals surface area contributed by atoms with Crippen molar-refractivity contribution in [3.8, 4) is 0 Å². The summed E-state index contributed by atoms with van der Waals surface area (Å²) in [5, 5.41) is 8.26. The zero-order valence-electron chi connectivity index (χ0n) is 8.58. The fourth-order valence-electron chi connectivity index (χ4n) is 0.876. The summed E-state index contributed by atoms with van der Waals surface area (Å²) in [6, 6.07) is 3.09. The van der Waals surface area contributed by atoms with Crippen molar-refractivity contribution < 1.29 is 19.5 Å². The summed E-state index contributed by atoms with van der Waals surface area (Å²) in [7, 11) is 0. The molecule has 0 unspecified atom stereocenters. The fourth-order valence-corrected chi connectivity index (χ4v) is 0.876. The number of rotatable bonds is 3. The number of carboxylic acids is 1. The van der Waals surface area contributed by atoms with E-state index in [9.17, 15) is 14.4 Å². The van der Waals surface area contributed by atoms with Crippen molar-refractivity contribution in [2.24, 2.45) is 0 Å². The normalized spacial score (nSPS) is 9.88. The zero-order chi connectivity index (χ0) is 12.7. The first-order valence-electron chi connectivity index (χ1n) is 4.51. The van der Waals surface area contributed by atoms with Gasteiger partial charge in [-0.2, -0.15) is 0 Å². The van der Waals surface area contributed by atoms with Crippen LogP contribution in [0.3, 0.4) is 0 Å². The number of carboxylic acid groups (broad SMARTS) is 1. The Morgan fingerprint density at radius 3 is 2.59 bits per heavy atom. The average molecular weight is 235 g/mol. The molecule has 7 heteroatoms. The maximum absolute atomic E-state index is 11.4. The SMILES string of the molecule is O=C(O)/C=C/C(=O)NNC(=O)c1cccnc1. The van der Waals surface area contributed by atoms with Crippen LogP contribution in [-0.4, -0.2) is 27.9 Å². The summed E-state index contributed by atoms with van der Waals surface area (Å²) < 4.78 is 0. The minimum absolute atomic E-state index is 0.273. The van der Waals surface area contributed by atoms with Gasteiger partial charge in [0.2, 0.25) is 0 Å². The van der Waals surface area contributed by atoms with E-state index in [0.717, 1.165) is 6.08 Å². The molecule has 1 heterocycles. The third-order valence-corrected chi connectivity index (χ3v) is 1.60. The van der Waals surface area contributed by atoms with E-state index in [1.54, 1.807) is 6.07 Å². The molecule has 0 bridgehead atoms. The Balaban J connectivity index is 2.44. The second-order valence-electron chi connectivity index (χ2n) is 2.86. The topological polar surface area (TPSA) is 108 Å². The lowest BCUT2D eigenvalue weighted by molar-refractivity contribution is -0.131. The predicted molar refractivity (Wildman–Crippen MR) is 56.6 cm³/mol. The Hall–Kier alpha value is -2.70. The van der Waals surface area contributed by atoms with Crippen molar-refractivity contribution in [1.82, 2.24) is 15.8 Å². The highest BCUT2D eigenvalue weighted by atomic mass is 16.4. The van der Waals surface area contributed by atoms with Gasteiger partial charge >= 0.3 is 5.97 Å². The Morgan fingerprint density at radius 2 is 2.00 bits per heavy atom. The van der Waals surface area contributed by atoms with Gasteiger partial charge in [-0.1, -0.05) is 0 Å². The number of aromatic nitrogens is 1. The van der Waals surface area contributed by atoms with Gasteiger partial charge in [0.1, 0.15) is 0 Å². The standard InChI is InChI=1S/C10H9N3O4/c14-8(3-4-9(15)16)12-13-10(17)7-2-1-5-11-6-7/h1-6H,(H,12,14)(H,13,17)(H,15,16)/b4-3+. The third kappa shape index (κ3) is 4.56. The number of aliphatic carboxylic acids is 1. The van der Waals surface area contributed by atoms with Crippen LogP contribution in [0.4, 0.5) is 0 Å². The van der Waals surface area contributed by atoms with Gasteiger partial charge in [0.25, 0.3) is 11.8 Å². The highest BCUT2D eigenvalue weighted by molar-refractivity contribution is 5.98. The first-order chi connectivity index (χ1) is 8.09. The van der Waals surface area contributed by atoms with Crippen molar-refractivity contribution >= 4 is 17.8 Å². The number of carbonyl (C=O) groups excluding carboxylic acids is 2. The van der Waals surface area contributed by atoms with Crippen LogP contribution in [0.25, 0.3) is 0 Å². The number of nitrogens with zero attached hydrogens (tertiary/aromatic N) is 1. The van der Waals surface area contributed by atoms with Crippen LogP contribution in [0.2, 0.25) is 0 Å². The van der Waals surface area contributed by atoms with E-state index >= 15 is 0 Å². The van der Waals surface area contributed by atoms with E-state index in [1.165, 1.54) is 18.5 Å². The molecule has 0 aliphatic heterocycles. The van der Waals surface area contributed by atoms with E-state index in [-0.39, 0.29) is 5.56 Å². The van der Waals surface area contributed by atoms with Crippen LogP contribution in [-0.2, 0) is 9.59 Å². The van der Waals surface area contributed by atoms with Crippen LogP contribution >= 0.6 is 0 Å². The summed E-state index contributed by atoms with van der Waals surface area (Å²) in [6.45, 7) is 0. The largest absolute Gasteiger partial charge is 0.478 e. The van der Waals surface area contributed by atoms with Gasteiger partial charge < -0.3 is 5.11 Å². The van der Waals surface area contributed by atoms with Crippen molar-refractivity contribution in [3.05, 3.63) is 42.2 Å². The number of amides is 2. The summed E-state index contributed by atoms with van der Waals surface area (Å²) in [5.74, 6) is -2.54. The van der Waals surface area contributed by atoms with Crippen molar-refractivity contribution in [2.45, 2.75) is 0 Å². The third-order valence-electron chi connectivity index (χ3n) is 1.60. The molecule has 0 fully saturated rings. The molecule has 7 nitrogen and oxygen atoms in total. The van der Waals surface area contributed by atoms with Crippen molar-refractivity contribution in [1.29, 1.82) is 0 Å². The molecule has 0 atom stereocenters. The molecule has 0 aliphatic carbocycles. The molecule has 17 heavy (non-hydrogen) atoms. The summed E-state index contributed by atoms with van der Waals surface area (Å²) >= 11 is 0. The molecule has 1 aromatic rings. The van der Waals surface area contributed by atoms with E-state index in [2.05, 4.69) is 10.4 Å². The quantitative estimate of drug-likeness (QED) is 0.482. The van der Waals surface area contributed by atoms with Crippen LogP contribution in [0.1, 0.15) is 10.4 Å². The molecule has 1 rings (SSSR count). The zero-order valence-corrected chi connectivity index (χ0v) is 8.58. The lowest BCUT2D eigenvalue weighted by Crippen LogP contribution is -2.40. The lowest BCUT2D eigenvalue weighted by atomic mass is 10.3. The van der Waals surface area contributed by atoms with Crippen LogP contribution in [0.15, 0.2) is 36.7 Å². The van der Waals surface area contributed by atoms with Gasteiger partial charge in [0.15, 0.2) is 0 Å². The monoisotopic (exact) mass is 235 g/mol. The molecule has 3 N–H and O–H groups in total. The first kappa shape index (κ1) is 12.4. The lowest BCUT2D eigenvalue weighted by Gasteiger charge is -2.04. The average Bonchev–Trinajstić information content (AvgIpc) is 2.34. The minimum Gasteiger partial charge on any atom is -0.478 e. The Labute approximate surface area is 96.1 Å². The van der Waals surface area contributed by atoms with Gasteiger partial charge in [0.05, 0.1) is 5.56 Å². The molecule has 0 saturated carbocycles. The Bertz CT molecular complexity index is 456. The van der Waals surface area contributed by atoms with Crippen molar-refractivity contribution in [2.75, 3.05) is 0 Å². The van der Waals surface area contributed by atoms with E-state index < -0.39 is 17.8 Å². The van der Waals surface area contributed by atoms with Gasteiger partial charge in [0, 0.05) is 24.5 Å². The van der Waals surface area contributed by atoms with E-state index in [1.807, 2.05) is 5.43 Å².